The van der Waals surface area contributed by atoms with Crippen molar-refractivity contribution in [3.05, 3.63) is 66.2 Å². The lowest BCUT2D eigenvalue weighted by molar-refractivity contribution is -0.140. The smallest absolute Gasteiger partial charge is 0.325 e. The van der Waals surface area contributed by atoms with Crippen molar-refractivity contribution in [2.24, 2.45) is 0 Å². The van der Waals surface area contributed by atoms with E-state index in [2.05, 4.69) is 5.32 Å². The Hall–Kier alpha value is -2.75. The molecule has 0 saturated carbocycles. The summed E-state index contributed by atoms with van der Waals surface area (Å²) in [7, 11) is 0. The van der Waals surface area contributed by atoms with Gasteiger partial charge in [-0.05, 0) is 35.9 Å². The first-order valence-corrected chi connectivity index (χ1v) is 6.64. The zero-order valence-electron chi connectivity index (χ0n) is 11.5. The summed E-state index contributed by atoms with van der Waals surface area (Å²) < 4.78 is 5.07. The van der Waals surface area contributed by atoms with Crippen LogP contribution in [0.5, 0.6) is 5.75 Å². The van der Waals surface area contributed by atoms with E-state index >= 15 is 0 Å². The van der Waals surface area contributed by atoms with Gasteiger partial charge in [-0.15, -0.1) is 0 Å². The lowest BCUT2D eigenvalue weighted by Gasteiger charge is -2.06. The fourth-order valence-electron chi connectivity index (χ4n) is 1.69. The number of phenolic OH excluding ortho intramolecular Hbond substituents is 1. The van der Waals surface area contributed by atoms with Gasteiger partial charge in [-0.25, -0.2) is 0 Å². The third-order valence-corrected chi connectivity index (χ3v) is 2.75. The third kappa shape index (κ3) is 5.40. The highest BCUT2D eigenvalue weighted by molar-refractivity contribution is 5.75. The van der Waals surface area contributed by atoms with E-state index < -0.39 is 0 Å². The molecule has 0 aromatic heterocycles. The van der Waals surface area contributed by atoms with Crippen LogP contribution < -0.4 is 5.32 Å². The maximum Gasteiger partial charge on any atom is 0.325 e. The van der Waals surface area contributed by atoms with Crippen LogP contribution in [-0.4, -0.2) is 24.2 Å². The first-order valence-electron chi connectivity index (χ1n) is 6.64. The van der Waals surface area contributed by atoms with Gasteiger partial charge in [0.2, 0.25) is 0 Å². The van der Waals surface area contributed by atoms with E-state index in [4.69, 9.17) is 9.84 Å². The summed E-state index contributed by atoms with van der Waals surface area (Å²) in [5, 5.41) is 12.1. The minimum Gasteiger partial charge on any atom is -0.508 e. The molecule has 2 aromatic rings. The largest absolute Gasteiger partial charge is 0.508 e. The Kier molecular flexibility index (Phi) is 5.41. The summed E-state index contributed by atoms with van der Waals surface area (Å²) >= 11 is 0. The minimum absolute atomic E-state index is 0.0873. The van der Waals surface area contributed by atoms with Crippen LogP contribution in [-0.2, 0) is 9.53 Å². The number of nitrogens with one attached hydrogen (secondary N) is 1. The lowest BCUT2D eigenvalue weighted by Crippen LogP contribution is -2.16. The van der Waals surface area contributed by atoms with E-state index in [-0.39, 0.29) is 24.9 Å². The van der Waals surface area contributed by atoms with Crippen molar-refractivity contribution in [1.82, 2.24) is 0 Å². The van der Waals surface area contributed by atoms with Crippen LogP contribution in [0.4, 0.5) is 5.69 Å². The molecule has 0 atom stereocenters. The molecule has 4 nitrogen and oxygen atoms in total. The second-order valence-electron chi connectivity index (χ2n) is 4.40. The van der Waals surface area contributed by atoms with Crippen molar-refractivity contribution < 1.29 is 14.6 Å². The molecule has 0 unspecified atom stereocenters. The monoisotopic (exact) mass is 283 g/mol. The van der Waals surface area contributed by atoms with Gasteiger partial charge in [-0.2, -0.15) is 0 Å². The Bertz CT molecular complexity index is 591. The highest BCUT2D eigenvalue weighted by Gasteiger charge is 2.01. The van der Waals surface area contributed by atoms with Gasteiger partial charge in [-0.3, -0.25) is 4.79 Å². The van der Waals surface area contributed by atoms with Crippen LogP contribution in [0.2, 0.25) is 0 Å². The molecule has 2 aromatic carbocycles. The van der Waals surface area contributed by atoms with Crippen LogP contribution in [0.15, 0.2) is 60.7 Å². The predicted octanol–water partition coefficient (Wildman–Crippen LogP) is 3.06. The summed E-state index contributed by atoms with van der Waals surface area (Å²) in [6, 6.07) is 16.3. The number of aromatic hydroxyl groups is 1. The Balaban J connectivity index is 1.68. The van der Waals surface area contributed by atoms with Gasteiger partial charge < -0.3 is 15.2 Å². The molecule has 0 fully saturated rings. The average Bonchev–Trinajstić information content (AvgIpc) is 2.52. The first kappa shape index (κ1) is 14.7. The van der Waals surface area contributed by atoms with Crippen molar-refractivity contribution in [3.8, 4) is 5.75 Å². The number of hydrogen-bond acceptors (Lipinski definition) is 4. The molecule has 0 spiro atoms. The molecule has 0 aliphatic heterocycles. The summed E-state index contributed by atoms with van der Waals surface area (Å²) in [4.78, 5) is 11.5. The number of benzene rings is 2. The van der Waals surface area contributed by atoms with Gasteiger partial charge in [0.15, 0.2) is 0 Å². The van der Waals surface area contributed by atoms with E-state index in [0.717, 1.165) is 11.3 Å². The predicted molar refractivity (Wildman–Crippen MR) is 83.0 cm³/mol. The Labute approximate surface area is 123 Å². The lowest BCUT2D eigenvalue weighted by atomic mass is 10.2. The van der Waals surface area contributed by atoms with Crippen LogP contribution in [0.3, 0.4) is 0 Å². The molecule has 0 amide bonds. The van der Waals surface area contributed by atoms with Crippen molar-refractivity contribution in [2.45, 2.75) is 0 Å². The summed E-state index contributed by atoms with van der Waals surface area (Å²) in [5.41, 5.74) is 1.82. The molecule has 0 heterocycles. The van der Waals surface area contributed by atoms with Gasteiger partial charge in [-0.1, -0.05) is 36.4 Å². The number of ether oxygens (including phenoxy) is 1. The minimum atomic E-state index is -0.333. The topological polar surface area (TPSA) is 58.6 Å². The van der Waals surface area contributed by atoms with Crippen LogP contribution in [0.1, 0.15) is 5.56 Å². The number of carbonyl (C=O) groups is 1. The molecule has 4 heteroatoms. The second-order valence-corrected chi connectivity index (χ2v) is 4.40. The molecular weight excluding hydrogens is 266 g/mol. The van der Waals surface area contributed by atoms with Gasteiger partial charge in [0.1, 0.15) is 18.9 Å². The molecule has 0 aliphatic carbocycles. The average molecular weight is 283 g/mol. The normalized spacial score (nSPS) is 10.5. The molecule has 0 bridgehead atoms. The first-order chi connectivity index (χ1) is 10.2. The molecule has 2 N–H and O–H groups in total. The molecule has 108 valence electrons. The number of anilines is 1. The van der Waals surface area contributed by atoms with Crippen molar-refractivity contribution in [1.29, 1.82) is 0 Å². The molecule has 0 saturated heterocycles. The zero-order chi connectivity index (χ0) is 14.9. The van der Waals surface area contributed by atoms with Crippen molar-refractivity contribution >= 4 is 17.7 Å². The van der Waals surface area contributed by atoms with Crippen LogP contribution in [0, 0.1) is 0 Å². The maximum atomic E-state index is 11.5. The number of rotatable bonds is 6. The standard InChI is InChI=1S/C17H17NO3/c19-16-10-8-15(9-11-16)18-13-17(20)21-12-4-7-14-5-2-1-3-6-14/h1-11,18-19H,12-13H2/b7-4+. The molecule has 21 heavy (non-hydrogen) atoms. The van der Waals surface area contributed by atoms with E-state index in [9.17, 15) is 4.79 Å². The highest BCUT2D eigenvalue weighted by atomic mass is 16.5. The number of hydrogen-bond donors (Lipinski definition) is 2. The number of phenols is 1. The Morgan fingerprint density at radius 3 is 2.52 bits per heavy atom. The van der Waals surface area contributed by atoms with E-state index in [0.29, 0.717) is 0 Å². The van der Waals surface area contributed by atoms with Crippen LogP contribution in [0.25, 0.3) is 6.08 Å². The summed E-state index contributed by atoms with van der Waals surface area (Å²) in [6.45, 7) is 0.328. The summed E-state index contributed by atoms with van der Waals surface area (Å²) in [6.07, 6.45) is 3.70. The highest BCUT2D eigenvalue weighted by Crippen LogP contribution is 2.13. The number of carbonyl (C=O) groups excluding carboxylic acids is 1. The van der Waals surface area contributed by atoms with E-state index in [1.807, 2.05) is 36.4 Å². The van der Waals surface area contributed by atoms with Gasteiger partial charge in [0.05, 0.1) is 0 Å². The molecular formula is C17H17NO3. The second kappa shape index (κ2) is 7.75. The third-order valence-electron chi connectivity index (χ3n) is 2.75. The maximum absolute atomic E-state index is 11.5. The number of esters is 1. The van der Waals surface area contributed by atoms with Crippen molar-refractivity contribution in [2.75, 3.05) is 18.5 Å². The molecule has 0 aliphatic rings. The molecule has 0 radical (unpaired) electrons. The van der Waals surface area contributed by atoms with Crippen LogP contribution >= 0.6 is 0 Å². The van der Waals surface area contributed by atoms with Gasteiger partial charge in [0, 0.05) is 5.69 Å². The Morgan fingerprint density at radius 2 is 1.81 bits per heavy atom. The fourth-order valence-corrected chi connectivity index (χ4v) is 1.69. The van der Waals surface area contributed by atoms with Crippen molar-refractivity contribution in [3.63, 3.8) is 0 Å². The SMILES string of the molecule is O=C(CNc1ccc(O)cc1)OC/C=C/c1ccccc1. The van der Waals surface area contributed by atoms with E-state index in [1.165, 1.54) is 0 Å². The van der Waals surface area contributed by atoms with E-state index in [1.54, 1.807) is 30.3 Å². The zero-order valence-corrected chi connectivity index (χ0v) is 11.5. The molecule has 2 rings (SSSR count). The van der Waals surface area contributed by atoms with Gasteiger partial charge in [0.25, 0.3) is 0 Å². The summed E-state index contributed by atoms with van der Waals surface area (Å²) in [5.74, 6) is -0.144. The fraction of sp³-hybridized carbons (Fsp3) is 0.118. The quantitative estimate of drug-likeness (QED) is 0.632. The Morgan fingerprint density at radius 1 is 1.10 bits per heavy atom. The van der Waals surface area contributed by atoms with Gasteiger partial charge >= 0.3 is 5.97 Å².